The number of primary amides is 1. The highest BCUT2D eigenvalue weighted by molar-refractivity contribution is 5.81. The summed E-state index contributed by atoms with van der Waals surface area (Å²) in [7, 11) is 0. The lowest BCUT2D eigenvalue weighted by atomic mass is 9.74. The number of aldehydes is 1. The Morgan fingerprint density at radius 1 is 1.56 bits per heavy atom. The molecule has 1 aliphatic rings. The molecule has 0 aromatic heterocycles. The molecule has 0 heterocycles. The summed E-state index contributed by atoms with van der Waals surface area (Å²) in [6.07, 6.45) is 2.44. The first-order chi connectivity index (χ1) is 4.25. The molecule has 0 aromatic carbocycles. The van der Waals surface area contributed by atoms with Crippen LogP contribution >= 0.6 is 0 Å². The number of carbonyl (C=O) groups is 2. The maximum absolute atomic E-state index is 10.4. The molecule has 9 heavy (non-hydrogen) atoms. The standard InChI is InChI=1S/C6H9NO2/c7-6(9)5-2-1-4(5)3-8/h3-5H,1-2H2,(H2,7,9)/t4?,5-/m0/s1. The molecule has 1 aliphatic carbocycles. The molecular formula is C6H9NO2. The summed E-state index contributed by atoms with van der Waals surface area (Å²) >= 11 is 0. The lowest BCUT2D eigenvalue weighted by molar-refractivity contribution is -0.131. The number of rotatable bonds is 2. The average molecular weight is 127 g/mol. The number of carbonyl (C=O) groups excluding carboxylic acids is 2. The van der Waals surface area contributed by atoms with Crippen LogP contribution in [-0.4, -0.2) is 12.2 Å². The van der Waals surface area contributed by atoms with E-state index in [1.807, 2.05) is 0 Å². The fourth-order valence-electron chi connectivity index (χ4n) is 1.04. The molecular weight excluding hydrogens is 118 g/mol. The van der Waals surface area contributed by atoms with Crippen LogP contribution < -0.4 is 5.73 Å². The van der Waals surface area contributed by atoms with Crippen molar-refractivity contribution < 1.29 is 9.59 Å². The van der Waals surface area contributed by atoms with Crippen LogP contribution in [0.5, 0.6) is 0 Å². The van der Waals surface area contributed by atoms with E-state index in [-0.39, 0.29) is 17.7 Å². The molecule has 2 atom stereocenters. The van der Waals surface area contributed by atoms with Gasteiger partial charge in [0.25, 0.3) is 0 Å². The lowest BCUT2D eigenvalue weighted by Crippen LogP contribution is -2.38. The van der Waals surface area contributed by atoms with Crippen LogP contribution in [0.2, 0.25) is 0 Å². The predicted octanol–water partition coefficient (Wildman–Crippen LogP) is -0.303. The van der Waals surface area contributed by atoms with Crippen LogP contribution in [0.15, 0.2) is 0 Å². The molecule has 0 aromatic rings. The third kappa shape index (κ3) is 0.943. The first kappa shape index (κ1) is 6.26. The Morgan fingerprint density at radius 3 is 2.33 bits per heavy atom. The van der Waals surface area contributed by atoms with E-state index in [1.165, 1.54) is 0 Å². The third-order valence-electron chi connectivity index (χ3n) is 1.87. The first-order valence-corrected chi connectivity index (χ1v) is 3.00. The zero-order chi connectivity index (χ0) is 6.85. The van der Waals surface area contributed by atoms with Gasteiger partial charge in [-0.2, -0.15) is 0 Å². The third-order valence-corrected chi connectivity index (χ3v) is 1.87. The molecule has 0 spiro atoms. The van der Waals surface area contributed by atoms with E-state index in [4.69, 9.17) is 5.73 Å². The van der Waals surface area contributed by atoms with Gasteiger partial charge >= 0.3 is 0 Å². The van der Waals surface area contributed by atoms with E-state index < -0.39 is 0 Å². The van der Waals surface area contributed by atoms with E-state index in [2.05, 4.69) is 0 Å². The summed E-state index contributed by atoms with van der Waals surface area (Å²) in [4.78, 5) is 20.5. The van der Waals surface area contributed by atoms with Crippen molar-refractivity contribution in [1.82, 2.24) is 0 Å². The highest BCUT2D eigenvalue weighted by atomic mass is 16.1. The fourth-order valence-corrected chi connectivity index (χ4v) is 1.04. The van der Waals surface area contributed by atoms with Crippen molar-refractivity contribution in [2.75, 3.05) is 0 Å². The van der Waals surface area contributed by atoms with Gasteiger partial charge in [-0.1, -0.05) is 0 Å². The van der Waals surface area contributed by atoms with Gasteiger partial charge in [-0.15, -0.1) is 0 Å². The van der Waals surface area contributed by atoms with Gasteiger partial charge in [-0.05, 0) is 12.8 Å². The Hall–Kier alpha value is -0.860. The molecule has 1 rings (SSSR count). The van der Waals surface area contributed by atoms with Crippen LogP contribution in [0.4, 0.5) is 0 Å². The quantitative estimate of drug-likeness (QED) is 0.517. The molecule has 0 saturated heterocycles. The van der Waals surface area contributed by atoms with Crippen LogP contribution in [0, 0.1) is 11.8 Å². The summed E-state index contributed by atoms with van der Waals surface area (Å²) in [6.45, 7) is 0. The first-order valence-electron chi connectivity index (χ1n) is 3.00. The zero-order valence-electron chi connectivity index (χ0n) is 5.04. The molecule has 3 nitrogen and oxygen atoms in total. The van der Waals surface area contributed by atoms with E-state index in [9.17, 15) is 9.59 Å². The van der Waals surface area contributed by atoms with Gasteiger partial charge in [0.15, 0.2) is 0 Å². The predicted molar refractivity (Wildman–Crippen MR) is 31.5 cm³/mol. The van der Waals surface area contributed by atoms with Crippen LogP contribution in [0.3, 0.4) is 0 Å². The molecule has 1 fully saturated rings. The number of hydrogen-bond donors (Lipinski definition) is 1. The summed E-state index contributed by atoms with van der Waals surface area (Å²) in [5, 5.41) is 0. The molecule has 1 unspecified atom stereocenters. The average Bonchev–Trinajstić information content (AvgIpc) is 1.61. The Labute approximate surface area is 53.2 Å². The van der Waals surface area contributed by atoms with E-state index in [0.29, 0.717) is 0 Å². The highest BCUT2D eigenvalue weighted by Gasteiger charge is 2.34. The monoisotopic (exact) mass is 127 g/mol. The minimum Gasteiger partial charge on any atom is -0.369 e. The van der Waals surface area contributed by atoms with E-state index >= 15 is 0 Å². The second-order valence-electron chi connectivity index (χ2n) is 2.39. The molecule has 0 bridgehead atoms. The molecule has 1 saturated carbocycles. The molecule has 50 valence electrons. The Morgan fingerprint density at radius 2 is 2.22 bits per heavy atom. The molecule has 3 heteroatoms. The van der Waals surface area contributed by atoms with Crippen molar-refractivity contribution in [2.24, 2.45) is 17.6 Å². The number of nitrogens with two attached hydrogens (primary N) is 1. The number of hydrogen-bond acceptors (Lipinski definition) is 2. The Kier molecular flexibility index (Phi) is 1.51. The minimum atomic E-state index is -0.335. The van der Waals surface area contributed by atoms with Crippen molar-refractivity contribution in [3.05, 3.63) is 0 Å². The highest BCUT2D eigenvalue weighted by Crippen LogP contribution is 2.31. The van der Waals surface area contributed by atoms with Gasteiger partial charge in [-0.3, -0.25) is 4.79 Å². The van der Waals surface area contributed by atoms with Gasteiger partial charge in [0.2, 0.25) is 5.91 Å². The van der Waals surface area contributed by atoms with Crippen molar-refractivity contribution in [2.45, 2.75) is 12.8 Å². The smallest absolute Gasteiger partial charge is 0.221 e. The maximum Gasteiger partial charge on any atom is 0.221 e. The van der Waals surface area contributed by atoms with Crippen molar-refractivity contribution in [1.29, 1.82) is 0 Å². The zero-order valence-corrected chi connectivity index (χ0v) is 5.04. The summed E-state index contributed by atoms with van der Waals surface area (Å²) in [5.74, 6) is -0.580. The van der Waals surface area contributed by atoms with Crippen molar-refractivity contribution in [3.63, 3.8) is 0 Å². The van der Waals surface area contributed by atoms with Crippen LogP contribution in [-0.2, 0) is 9.59 Å². The Bertz CT molecular complexity index is 144. The van der Waals surface area contributed by atoms with Gasteiger partial charge < -0.3 is 10.5 Å². The fraction of sp³-hybridized carbons (Fsp3) is 0.667. The SMILES string of the molecule is NC(=O)[C@H]1CCC1C=O. The maximum atomic E-state index is 10.4. The largest absolute Gasteiger partial charge is 0.369 e. The van der Waals surface area contributed by atoms with Gasteiger partial charge in [0, 0.05) is 11.8 Å². The van der Waals surface area contributed by atoms with Crippen LogP contribution in [0.25, 0.3) is 0 Å². The summed E-state index contributed by atoms with van der Waals surface area (Å²) in [5.41, 5.74) is 4.97. The van der Waals surface area contributed by atoms with E-state index in [0.717, 1.165) is 19.1 Å². The molecule has 1 amide bonds. The second kappa shape index (κ2) is 2.17. The van der Waals surface area contributed by atoms with Crippen molar-refractivity contribution >= 4 is 12.2 Å². The molecule has 0 aliphatic heterocycles. The number of amides is 1. The second-order valence-corrected chi connectivity index (χ2v) is 2.39. The summed E-state index contributed by atoms with van der Waals surface area (Å²) < 4.78 is 0. The lowest BCUT2D eigenvalue weighted by Gasteiger charge is -2.29. The molecule has 2 N–H and O–H groups in total. The van der Waals surface area contributed by atoms with Crippen LogP contribution in [0.1, 0.15) is 12.8 Å². The van der Waals surface area contributed by atoms with E-state index in [1.54, 1.807) is 0 Å². The summed E-state index contributed by atoms with van der Waals surface area (Å²) in [6, 6.07) is 0. The van der Waals surface area contributed by atoms with Gasteiger partial charge in [0.05, 0.1) is 0 Å². The topological polar surface area (TPSA) is 60.2 Å². The van der Waals surface area contributed by atoms with Gasteiger partial charge in [-0.25, -0.2) is 0 Å². The van der Waals surface area contributed by atoms with Gasteiger partial charge in [0.1, 0.15) is 6.29 Å². The normalized spacial score (nSPS) is 32.9. The van der Waals surface area contributed by atoms with Crippen molar-refractivity contribution in [3.8, 4) is 0 Å². The molecule has 0 radical (unpaired) electrons. The Balaban J connectivity index is 2.44. The minimum absolute atomic E-state index is 0.0810.